The maximum atomic E-state index is 12.6. The molecule has 1 N–H and O–H groups in total. The Labute approximate surface area is 190 Å². The van der Waals surface area contributed by atoms with Gasteiger partial charge in [0.2, 0.25) is 5.91 Å². The minimum atomic E-state index is -0.101. The molecule has 0 saturated carbocycles. The summed E-state index contributed by atoms with van der Waals surface area (Å²) in [6.07, 6.45) is 1.63. The highest BCUT2D eigenvalue weighted by Crippen LogP contribution is 2.28. The molecule has 164 valence electrons. The van der Waals surface area contributed by atoms with Crippen LogP contribution in [0.2, 0.25) is 0 Å². The largest absolute Gasteiger partial charge is 0.497 e. The van der Waals surface area contributed by atoms with E-state index in [2.05, 4.69) is 21.6 Å². The summed E-state index contributed by atoms with van der Waals surface area (Å²) in [6, 6.07) is 17.4. The second-order valence-electron chi connectivity index (χ2n) is 7.42. The van der Waals surface area contributed by atoms with Crippen LogP contribution in [0.25, 0.3) is 11.4 Å². The number of aryl methyl sites for hydroxylation is 2. The summed E-state index contributed by atoms with van der Waals surface area (Å²) < 4.78 is 12.8. The second-order valence-corrected chi connectivity index (χ2v) is 8.36. The van der Waals surface area contributed by atoms with Crippen LogP contribution in [-0.4, -0.2) is 33.5 Å². The fourth-order valence-electron chi connectivity index (χ4n) is 3.45. The quantitative estimate of drug-likeness (QED) is 0.384. The van der Waals surface area contributed by atoms with Gasteiger partial charge in [-0.15, -0.1) is 10.2 Å². The highest BCUT2D eigenvalue weighted by Gasteiger charge is 2.17. The van der Waals surface area contributed by atoms with E-state index in [0.29, 0.717) is 17.5 Å². The van der Waals surface area contributed by atoms with Crippen molar-refractivity contribution in [3.63, 3.8) is 0 Å². The molecule has 2 aromatic heterocycles. The molecule has 2 heterocycles. The van der Waals surface area contributed by atoms with E-state index in [-0.39, 0.29) is 11.7 Å². The number of furan rings is 1. The maximum Gasteiger partial charge on any atom is 0.234 e. The van der Waals surface area contributed by atoms with Crippen LogP contribution in [0.1, 0.15) is 16.9 Å². The Kier molecular flexibility index (Phi) is 6.61. The van der Waals surface area contributed by atoms with Crippen molar-refractivity contribution in [3.8, 4) is 17.1 Å². The molecule has 0 radical (unpaired) electrons. The van der Waals surface area contributed by atoms with Crippen LogP contribution < -0.4 is 10.1 Å². The van der Waals surface area contributed by atoms with Crippen LogP contribution in [0.5, 0.6) is 5.75 Å². The number of methoxy groups -OCH3 is 1. The number of ether oxygens (including phenoxy) is 1. The van der Waals surface area contributed by atoms with Gasteiger partial charge in [-0.05, 0) is 61.4 Å². The van der Waals surface area contributed by atoms with Crippen molar-refractivity contribution in [2.75, 3.05) is 18.2 Å². The van der Waals surface area contributed by atoms with Crippen LogP contribution >= 0.6 is 11.8 Å². The van der Waals surface area contributed by atoms with Gasteiger partial charge in [-0.3, -0.25) is 9.36 Å². The van der Waals surface area contributed by atoms with E-state index >= 15 is 0 Å². The van der Waals surface area contributed by atoms with Crippen molar-refractivity contribution in [2.24, 2.45) is 0 Å². The molecule has 0 aliphatic heterocycles. The molecule has 0 saturated heterocycles. The van der Waals surface area contributed by atoms with Crippen LogP contribution in [-0.2, 0) is 11.3 Å². The van der Waals surface area contributed by atoms with Gasteiger partial charge in [0.05, 0.1) is 25.7 Å². The highest BCUT2D eigenvalue weighted by molar-refractivity contribution is 7.99. The number of carbonyl (C=O) groups excluding carboxylic acids is 1. The first kappa shape index (κ1) is 21.7. The van der Waals surface area contributed by atoms with Crippen molar-refractivity contribution in [1.82, 2.24) is 14.8 Å². The number of nitrogens with zero attached hydrogens (tertiary/aromatic N) is 3. The normalized spacial score (nSPS) is 10.8. The van der Waals surface area contributed by atoms with Gasteiger partial charge in [0, 0.05) is 11.3 Å². The third-order valence-electron chi connectivity index (χ3n) is 4.78. The SMILES string of the molecule is COc1cccc(-c2nnc(SCC(=O)Nc3cc(C)cc(C)c3)n2Cc2ccco2)c1. The number of hydrogen-bond donors (Lipinski definition) is 1. The Morgan fingerprint density at radius 3 is 2.62 bits per heavy atom. The average Bonchev–Trinajstić information content (AvgIpc) is 3.42. The first-order valence-electron chi connectivity index (χ1n) is 10.1. The van der Waals surface area contributed by atoms with Gasteiger partial charge in [-0.25, -0.2) is 0 Å². The zero-order valence-electron chi connectivity index (χ0n) is 18.2. The van der Waals surface area contributed by atoms with E-state index in [1.54, 1.807) is 13.4 Å². The Hall–Kier alpha value is -3.52. The molecule has 0 unspecified atom stereocenters. The lowest BCUT2D eigenvalue weighted by atomic mass is 10.1. The molecule has 7 nitrogen and oxygen atoms in total. The Balaban J connectivity index is 1.55. The zero-order valence-corrected chi connectivity index (χ0v) is 19.0. The molecule has 32 heavy (non-hydrogen) atoms. The fourth-order valence-corrected chi connectivity index (χ4v) is 4.18. The third kappa shape index (κ3) is 5.20. The molecule has 2 aromatic carbocycles. The van der Waals surface area contributed by atoms with Crippen LogP contribution in [0.3, 0.4) is 0 Å². The van der Waals surface area contributed by atoms with E-state index < -0.39 is 0 Å². The van der Waals surface area contributed by atoms with Gasteiger partial charge in [-0.2, -0.15) is 0 Å². The predicted molar refractivity (Wildman–Crippen MR) is 125 cm³/mol. The summed E-state index contributed by atoms with van der Waals surface area (Å²) in [7, 11) is 1.63. The second kappa shape index (κ2) is 9.74. The van der Waals surface area contributed by atoms with E-state index in [1.165, 1.54) is 11.8 Å². The van der Waals surface area contributed by atoms with Crippen molar-refractivity contribution in [1.29, 1.82) is 0 Å². The lowest BCUT2D eigenvalue weighted by molar-refractivity contribution is -0.113. The van der Waals surface area contributed by atoms with Gasteiger partial charge < -0.3 is 14.5 Å². The monoisotopic (exact) mass is 448 g/mol. The third-order valence-corrected chi connectivity index (χ3v) is 5.74. The Bertz CT molecular complexity index is 1200. The smallest absolute Gasteiger partial charge is 0.234 e. The molecule has 8 heteroatoms. The summed E-state index contributed by atoms with van der Waals surface area (Å²) in [5.41, 5.74) is 3.88. The van der Waals surface area contributed by atoms with Gasteiger partial charge in [-0.1, -0.05) is 30.0 Å². The highest BCUT2D eigenvalue weighted by atomic mass is 32.2. The molecule has 0 aliphatic rings. The molecule has 0 spiro atoms. The number of rotatable bonds is 8. The van der Waals surface area contributed by atoms with E-state index in [9.17, 15) is 4.79 Å². The number of amides is 1. The number of hydrogen-bond acceptors (Lipinski definition) is 6. The summed E-state index contributed by atoms with van der Waals surface area (Å²) in [5.74, 6) is 2.29. The number of aromatic nitrogens is 3. The van der Waals surface area contributed by atoms with Crippen molar-refractivity contribution >= 4 is 23.4 Å². The first-order valence-corrected chi connectivity index (χ1v) is 11.1. The fraction of sp³-hybridized carbons (Fsp3) is 0.208. The summed E-state index contributed by atoms with van der Waals surface area (Å²) in [4.78, 5) is 12.6. The zero-order chi connectivity index (χ0) is 22.5. The van der Waals surface area contributed by atoms with Gasteiger partial charge >= 0.3 is 0 Å². The summed E-state index contributed by atoms with van der Waals surface area (Å²) >= 11 is 1.33. The Morgan fingerprint density at radius 1 is 1.09 bits per heavy atom. The number of anilines is 1. The maximum absolute atomic E-state index is 12.6. The lowest BCUT2D eigenvalue weighted by Crippen LogP contribution is -2.15. The number of thioether (sulfide) groups is 1. The molecule has 1 amide bonds. The lowest BCUT2D eigenvalue weighted by Gasteiger charge is -2.10. The summed E-state index contributed by atoms with van der Waals surface area (Å²) in [6.45, 7) is 4.47. The van der Waals surface area contributed by atoms with Gasteiger partial charge in [0.25, 0.3) is 0 Å². The molecular formula is C24H24N4O3S. The molecule has 0 aliphatic carbocycles. The van der Waals surface area contributed by atoms with Crippen LogP contribution in [0.4, 0.5) is 5.69 Å². The van der Waals surface area contributed by atoms with Gasteiger partial charge in [0.15, 0.2) is 11.0 Å². The molecule has 4 rings (SSSR count). The Morgan fingerprint density at radius 2 is 1.91 bits per heavy atom. The van der Waals surface area contributed by atoms with Crippen LogP contribution in [0.15, 0.2) is 70.4 Å². The predicted octanol–water partition coefficient (Wildman–Crippen LogP) is 4.94. The number of carbonyl (C=O) groups is 1. The topological polar surface area (TPSA) is 82.2 Å². The summed E-state index contributed by atoms with van der Waals surface area (Å²) in [5, 5.41) is 12.3. The van der Waals surface area contributed by atoms with E-state index in [1.807, 2.05) is 66.9 Å². The molecule has 4 aromatic rings. The molecule has 0 bridgehead atoms. The minimum absolute atomic E-state index is 0.101. The number of benzene rings is 2. The molecule has 0 fully saturated rings. The van der Waals surface area contributed by atoms with Crippen molar-refractivity contribution < 1.29 is 13.9 Å². The first-order chi connectivity index (χ1) is 15.5. The van der Waals surface area contributed by atoms with Gasteiger partial charge in [0.1, 0.15) is 11.5 Å². The number of nitrogens with one attached hydrogen (secondary N) is 1. The average molecular weight is 449 g/mol. The molecular weight excluding hydrogens is 424 g/mol. The van der Waals surface area contributed by atoms with Crippen molar-refractivity contribution in [3.05, 3.63) is 77.7 Å². The van der Waals surface area contributed by atoms with Crippen LogP contribution in [0, 0.1) is 13.8 Å². The standard InChI is InChI=1S/C24H24N4O3S/c1-16-10-17(2)12-19(11-16)25-22(29)15-32-24-27-26-23(18-6-4-7-20(13-18)30-3)28(24)14-21-8-5-9-31-21/h4-13H,14-15H2,1-3H3,(H,25,29). The van der Waals surface area contributed by atoms with E-state index in [0.717, 1.165) is 33.9 Å². The molecule has 0 atom stereocenters. The van der Waals surface area contributed by atoms with Crippen molar-refractivity contribution in [2.45, 2.75) is 25.5 Å². The minimum Gasteiger partial charge on any atom is -0.497 e. The van der Waals surface area contributed by atoms with E-state index in [4.69, 9.17) is 9.15 Å².